The summed E-state index contributed by atoms with van der Waals surface area (Å²) in [5.41, 5.74) is 2.07. The minimum absolute atomic E-state index is 0.762. The fourth-order valence-electron chi connectivity index (χ4n) is 3.16. The molecule has 0 amide bonds. The molecular formula is C25H26O2Si. The second-order valence-electron chi connectivity index (χ2n) is 7.58. The van der Waals surface area contributed by atoms with Crippen molar-refractivity contribution >= 4 is 8.32 Å². The molecule has 142 valence electrons. The van der Waals surface area contributed by atoms with Crippen LogP contribution in [0.25, 0.3) is 0 Å². The molecule has 0 fully saturated rings. The van der Waals surface area contributed by atoms with Crippen molar-refractivity contribution in [2.75, 3.05) is 7.11 Å². The van der Waals surface area contributed by atoms with Crippen LogP contribution >= 0.6 is 0 Å². The Morgan fingerprint density at radius 1 is 0.714 bits per heavy atom. The number of hydrogen-bond donors (Lipinski definition) is 0. The molecule has 0 aliphatic heterocycles. The van der Waals surface area contributed by atoms with E-state index < -0.39 is 13.9 Å². The van der Waals surface area contributed by atoms with Gasteiger partial charge in [0, 0.05) is 0 Å². The number of benzene rings is 3. The van der Waals surface area contributed by atoms with Gasteiger partial charge in [0.05, 0.1) is 12.7 Å². The molecule has 0 radical (unpaired) electrons. The summed E-state index contributed by atoms with van der Waals surface area (Å²) in [6, 6.07) is 28.3. The van der Waals surface area contributed by atoms with E-state index in [4.69, 9.17) is 9.16 Å². The minimum Gasteiger partial charge on any atom is -0.495 e. The van der Waals surface area contributed by atoms with E-state index in [0.29, 0.717) is 0 Å². The summed E-state index contributed by atoms with van der Waals surface area (Å²) in [7, 11) is -0.285. The highest BCUT2D eigenvalue weighted by atomic mass is 28.4. The van der Waals surface area contributed by atoms with Gasteiger partial charge in [-0.3, -0.25) is 0 Å². The van der Waals surface area contributed by atoms with E-state index in [1.807, 2.05) is 60.7 Å². The molecule has 0 saturated carbocycles. The largest absolute Gasteiger partial charge is 0.495 e. The summed E-state index contributed by atoms with van der Waals surface area (Å²) in [5, 5.41) is 0. The van der Waals surface area contributed by atoms with Crippen LogP contribution in [-0.4, -0.2) is 15.4 Å². The lowest BCUT2D eigenvalue weighted by Gasteiger charge is -2.36. The van der Waals surface area contributed by atoms with Gasteiger partial charge in [0.15, 0.2) is 13.9 Å². The molecule has 2 nitrogen and oxygen atoms in total. The van der Waals surface area contributed by atoms with Crippen molar-refractivity contribution in [2.45, 2.75) is 25.2 Å². The van der Waals surface area contributed by atoms with Crippen LogP contribution < -0.4 is 4.74 Å². The summed E-state index contributed by atoms with van der Waals surface area (Å²) >= 11 is 0. The average molecular weight is 387 g/mol. The normalized spacial score (nSPS) is 11.4. The Morgan fingerprint density at radius 2 is 1.21 bits per heavy atom. The summed E-state index contributed by atoms with van der Waals surface area (Å²) in [6.07, 6.45) is 0. The molecule has 28 heavy (non-hydrogen) atoms. The Kier molecular flexibility index (Phi) is 6.04. The van der Waals surface area contributed by atoms with Crippen molar-refractivity contribution in [2.24, 2.45) is 0 Å². The predicted molar refractivity (Wildman–Crippen MR) is 118 cm³/mol. The standard InChI is InChI=1S/C25H26O2Si/c1-26-24-18-12-11-13-21(24)19-20-25(27-28(2,3)4,22-14-7-5-8-15-22)23-16-9-6-10-17-23/h5-18H,1-4H3. The van der Waals surface area contributed by atoms with Gasteiger partial charge in [0.2, 0.25) is 0 Å². The lowest BCUT2D eigenvalue weighted by molar-refractivity contribution is 0.166. The molecule has 0 N–H and O–H groups in total. The van der Waals surface area contributed by atoms with E-state index in [2.05, 4.69) is 55.7 Å². The van der Waals surface area contributed by atoms with Crippen molar-refractivity contribution in [3.05, 3.63) is 102 Å². The molecule has 0 heterocycles. The zero-order valence-electron chi connectivity index (χ0n) is 16.9. The lowest BCUT2D eigenvalue weighted by atomic mass is 9.86. The average Bonchev–Trinajstić information content (AvgIpc) is 2.72. The highest BCUT2D eigenvalue weighted by Crippen LogP contribution is 2.36. The lowest BCUT2D eigenvalue weighted by Crippen LogP contribution is -2.40. The van der Waals surface area contributed by atoms with E-state index in [0.717, 1.165) is 22.4 Å². The minimum atomic E-state index is -1.95. The van der Waals surface area contributed by atoms with Crippen molar-refractivity contribution in [1.29, 1.82) is 0 Å². The number of ether oxygens (including phenoxy) is 1. The maximum atomic E-state index is 6.82. The van der Waals surface area contributed by atoms with Crippen LogP contribution in [0.2, 0.25) is 19.6 Å². The second kappa shape index (κ2) is 8.47. The maximum Gasteiger partial charge on any atom is 0.186 e. The van der Waals surface area contributed by atoms with E-state index in [1.165, 1.54) is 0 Å². The van der Waals surface area contributed by atoms with E-state index >= 15 is 0 Å². The molecule has 0 aromatic heterocycles. The third kappa shape index (κ3) is 4.54. The fraction of sp³-hybridized carbons (Fsp3) is 0.200. The second-order valence-corrected chi connectivity index (χ2v) is 12.0. The van der Waals surface area contributed by atoms with Crippen LogP contribution in [0.15, 0.2) is 84.9 Å². The van der Waals surface area contributed by atoms with Gasteiger partial charge in [-0.2, -0.15) is 0 Å². The molecule has 0 saturated heterocycles. The molecule has 3 rings (SSSR count). The molecule has 0 aliphatic rings. The monoisotopic (exact) mass is 386 g/mol. The van der Waals surface area contributed by atoms with Crippen molar-refractivity contribution in [3.63, 3.8) is 0 Å². The molecule has 0 aliphatic carbocycles. The molecule has 0 unspecified atom stereocenters. The highest BCUT2D eigenvalue weighted by molar-refractivity contribution is 6.69. The Morgan fingerprint density at radius 3 is 1.71 bits per heavy atom. The van der Waals surface area contributed by atoms with Gasteiger partial charge >= 0.3 is 0 Å². The molecule has 0 spiro atoms. The first-order valence-corrected chi connectivity index (χ1v) is 12.8. The smallest absolute Gasteiger partial charge is 0.186 e. The Bertz CT molecular complexity index is 924. The van der Waals surface area contributed by atoms with Gasteiger partial charge < -0.3 is 9.16 Å². The molecule has 3 aromatic rings. The van der Waals surface area contributed by atoms with E-state index in [1.54, 1.807) is 7.11 Å². The molecule has 0 atom stereocenters. The van der Waals surface area contributed by atoms with Crippen molar-refractivity contribution in [1.82, 2.24) is 0 Å². The van der Waals surface area contributed by atoms with Gasteiger partial charge in [-0.15, -0.1) is 0 Å². The SMILES string of the molecule is COc1ccccc1C#CC(O[Si](C)(C)C)(c1ccccc1)c1ccccc1. The quantitative estimate of drug-likeness (QED) is 0.405. The zero-order chi connectivity index (χ0) is 20.0. The summed E-state index contributed by atoms with van der Waals surface area (Å²) in [4.78, 5) is 0. The third-order valence-corrected chi connectivity index (χ3v) is 5.22. The molecule has 0 bridgehead atoms. The molecule has 3 heteroatoms. The number of para-hydroxylation sites is 1. The predicted octanol–water partition coefficient (Wildman–Crippen LogP) is 5.84. The Balaban J connectivity index is 2.26. The Labute approximate surface area is 169 Å². The zero-order valence-corrected chi connectivity index (χ0v) is 17.9. The van der Waals surface area contributed by atoms with Crippen LogP contribution in [0.5, 0.6) is 5.75 Å². The topological polar surface area (TPSA) is 18.5 Å². The summed E-state index contributed by atoms with van der Waals surface area (Å²) in [6.45, 7) is 6.58. The van der Waals surface area contributed by atoms with Crippen LogP contribution in [0.4, 0.5) is 0 Å². The van der Waals surface area contributed by atoms with Crippen LogP contribution in [0, 0.1) is 11.8 Å². The first-order valence-electron chi connectivity index (χ1n) is 9.42. The Hall–Kier alpha value is -2.80. The van der Waals surface area contributed by atoms with Gasteiger partial charge in [0.1, 0.15) is 5.75 Å². The first kappa shape index (κ1) is 19.9. The molecular weight excluding hydrogens is 360 g/mol. The maximum absolute atomic E-state index is 6.82. The van der Waals surface area contributed by atoms with Gasteiger partial charge in [-0.25, -0.2) is 0 Å². The van der Waals surface area contributed by atoms with Gasteiger partial charge in [0.25, 0.3) is 0 Å². The van der Waals surface area contributed by atoms with E-state index in [-0.39, 0.29) is 0 Å². The van der Waals surface area contributed by atoms with Crippen molar-refractivity contribution in [3.8, 4) is 17.6 Å². The summed E-state index contributed by atoms with van der Waals surface area (Å²) < 4.78 is 12.3. The first-order chi connectivity index (χ1) is 13.4. The van der Waals surface area contributed by atoms with Crippen LogP contribution in [0.3, 0.4) is 0 Å². The van der Waals surface area contributed by atoms with Crippen LogP contribution in [-0.2, 0) is 10.0 Å². The van der Waals surface area contributed by atoms with Crippen molar-refractivity contribution < 1.29 is 9.16 Å². The van der Waals surface area contributed by atoms with Crippen LogP contribution in [0.1, 0.15) is 16.7 Å². The van der Waals surface area contributed by atoms with Gasteiger partial charge in [-0.1, -0.05) is 84.6 Å². The fourth-order valence-corrected chi connectivity index (χ4v) is 4.37. The number of methoxy groups -OCH3 is 1. The molecule has 3 aromatic carbocycles. The van der Waals surface area contributed by atoms with E-state index in [9.17, 15) is 0 Å². The number of hydrogen-bond acceptors (Lipinski definition) is 2. The highest BCUT2D eigenvalue weighted by Gasteiger charge is 2.38. The number of rotatable bonds is 5. The third-order valence-electron chi connectivity index (χ3n) is 4.30. The summed E-state index contributed by atoms with van der Waals surface area (Å²) in [5.74, 6) is 7.60. The van der Waals surface area contributed by atoms with Gasteiger partial charge in [-0.05, 0) is 42.9 Å².